The Bertz CT molecular complexity index is 1170. The van der Waals surface area contributed by atoms with Gasteiger partial charge in [-0.3, -0.25) is 4.98 Å². The van der Waals surface area contributed by atoms with Crippen molar-refractivity contribution in [2.45, 2.75) is 75.0 Å². The molecule has 2 aromatic rings. The van der Waals surface area contributed by atoms with Crippen LogP contribution in [0.25, 0.3) is 0 Å². The number of anilines is 1. The van der Waals surface area contributed by atoms with Gasteiger partial charge in [0.2, 0.25) is 0 Å². The molecular formula is C21H27FN4O3S2. The Balaban J connectivity index is 1.71. The molecular weight excluding hydrogens is 439 g/mol. The summed E-state index contributed by atoms with van der Waals surface area (Å²) in [4.78, 5) is 17.9. The maximum atomic E-state index is 14.4. The molecule has 2 heterocycles. The molecule has 31 heavy (non-hydrogen) atoms. The third-order valence-electron chi connectivity index (χ3n) is 5.64. The first-order valence-electron chi connectivity index (χ1n) is 10.4. The van der Waals surface area contributed by atoms with E-state index in [1.165, 1.54) is 13.8 Å². The van der Waals surface area contributed by atoms with Gasteiger partial charge >= 0.3 is 6.03 Å². The fraction of sp³-hybridized carbons (Fsp3) is 0.524. The molecule has 0 bridgehead atoms. The normalized spacial score (nSPS) is 17.9. The first kappa shape index (κ1) is 22.3. The lowest BCUT2D eigenvalue weighted by molar-refractivity contribution is 0.0823. The molecule has 168 valence electrons. The molecule has 2 aliphatic carbocycles. The number of hydrogen-bond donors (Lipinski definition) is 3. The zero-order chi connectivity index (χ0) is 22.6. The summed E-state index contributed by atoms with van der Waals surface area (Å²) in [5.41, 5.74) is 3.42. The standard InChI is InChI=1S/C21H27FN4O3S2/c1-4-14-17(11-8-9-11)18(12-6-5-7-15(12)24-14)25-20(27)26-31(23,29)19-13(22)10-16(30-19)21(2,3)28/h10-11,28H,4-9H2,1-3H3,(H3,23,24,25,26,27,29)/t31-/m1/s1. The van der Waals surface area contributed by atoms with Crippen molar-refractivity contribution >= 4 is 33.0 Å². The number of urea groups is 1. The molecule has 7 nitrogen and oxygen atoms in total. The van der Waals surface area contributed by atoms with E-state index in [0.717, 1.165) is 84.1 Å². The minimum atomic E-state index is -3.82. The van der Waals surface area contributed by atoms with Crippen molar-refractivity contribution in [1.29, 1.82) is 0 Å². The topological polar surface area (TPSA) is 118 Å². The number of nitrogens with two attached hydrogens (primary N) is 1. The van der Waals surface area contributed by atoms with Gasteiger partial charge in [0.05, 0.1) is 11.3 Å². The number of halogens is 1. The van der Waals surface area contributed by atoms with E-state index < -0.39 is 27.4 Å². The Labute approximate surface area is 185 Å². The summed E-state index contributed by atoms with van der Waals surface area (Å²) in [5.74, 6) is -0.488. The number of fused-ring (bicyclic) bond motifs is 1. The second kappa shape index (κ2) is 7.91. The zero-order valence-corrected chi connectivity index (χ0v) is 19.5. The number of pyridine rings is 1. The number of carbonyl (C=O) groups is 1. The predicted octanol–water partition coefficient (Wildman–Crippen LogP) is 4.37. The second-order valence-corrected chi connectivity index (χ2v) is 11.7. The Morgan fingerprint density at radius 2 is 2.16 bits per heavy atom. The molecule has 1 atom stereocenters. The summed E-state index contributed by atoms with van der Waals surface area (Å²) in [7, 11) is -3.82. The number of nitrogens with zero attached hydrogens (tertiary/aromatic N) is 2. The molecule has 2 aromatic heterocycles. The largest absolute Gasteiger partial charge is 0.385 e. The van der Waals surface area contributed by atoms with E-state index in [2.05, 4.69) is 9.68 Å². The number of nitrogens with one attached hydrogen (secondary N) is 1. The molecule has 2 aliphatic rings. The fourth-order valence-corrected chi connectivity index (χ4v) is 6.36. The molecule has 10 heteroatoms. The Morgan fingerprint density at radius 1 is 1.45 bits per heavy atom. The van der Waals surface area contributed by atoms with Gasteiger partial charge in [0.25, 0.3) is 0 Å². The van der Waals surface area contributed by atoms with E-state index in [4.69, 9.17) is 10.1 Å². The quantitative estimate of drug-likeness (QED) is 0.606. The SMILES string of the molecule is CCc1nc2c(c(NC(=O)N=[S@@](N)(=O)c3sc(C(C)(C)O)cc3F)c1C1CC1)CCC2. The number of aliphatic hydroxyl groups is 1. The van der Waals surface area contributed by atoms with Crippen molar-refractivity contribution in [3.05, 3.63) is 39.3 Å². The van der Waals surface area contributed by atoms with Crippen molar-refractivity contribution in [3.63, 3.8) is 0 Å². The zero-order valence-electron chi connectivity index (χ0n) is 17.8. The van der Waals surface area contributed by atoms with Gasteiger partial charge in [-0.05, 0) is 69.9 Å². The number of aryl methyl sites for hydroxylation is 2. The minimum Gasteiger partial charge on any atom is -0.385 e. The monoisotopic (exact) mass is 466 g/mol. The van der Waals surface area contributed by atoms with Gasteiger partial charge < -0.3 is 10.4 Å². The van der Waals surface area contributed by atoms with Crippen molar-refractivity contribution < 1.29 is 18.5 Å². The average molecular weight is 467 g/mol. The van der Waals surface area contributed by atoms with Gasteiger partial charge in [-0.25, -0.2) is 18.5 Å². The Hall–Kier alpha value is -1.88. The second-order valence-electron chi connectivity index (χ2n) is 8.65. The molecule has 0 spiro atoms. The Morgan fingerprint density at radius 3 is 2.74 bits per heavy atom. The number of thiophene rings is 1. The first-order chi connectivity index (χ1) is 14.5. The van der Waals surface area contributed by atoms with Crippen LogP contribution >= 0.6 is 11.3 Å². The van der Waals surface area contributed by atoms with Crippen LogP contribution in [0.1, 0.15) is 73.3 Å². The third-order valence-corrected chi connectivity index (χ3v) is 8.98. The van der Waals surface area contributed by atoms with Crippen molar-refractivity contribution in [2.24, 2.45) is 9.50 Å². The minimum absolute atomic E-state index is 0.254. The third kappa shape index (κ3) is 4.39. The highest BCUT2D eigenvalue weighted by molar-refractivity contribution is 7.93. The van der Waals surface area contributed by atoms with E-state index in [1.54, 1.807) is 0 Å². The van der Waals surface area contributed by atoms with Gasteiger partial charge in [0.15, 0.2) is 19.9 Å². The maximum absolute atomic E-state index is 14.4. The lowest BCUT2D eigenvalue weighted by Gasteiger charge is -2.18. The van der Waals surface area contributed by atoms with Crippen LogP contribution in [-0.2, 0) is 34.8 Å². The molecule has 1 fully saturated rings. The number of aromatic nitrogens is 1. The number of carbonyl (C=O) groups excluding carboxylic acids is 1. The highest BCUT2D eigenvalue weighted by Crippen LogP contribution is 2.47. The lowest BCUT2D eigenvalue weighted by Crippen LogP contribution is -2.19. The van der Waals surface area contributed by atoms with E-state index >= 15 is 0 Å². The van der Waals surface area contributed by atoms with E-state index in [1.807, 2.05) is 6.92 Å². The van der Waals surface area contributed by atoms with E-state index in [0.29, 0.717) is 5.92 Å². The summed E-state index contributed by atoms with van der Waals surface area (Å²) < 4.78 is 30.7. The van der Waals surface area contributed by atoms with Gasteiger partial charge in [-0.15, -0.1) is 15.7 Å². The molecule has 0 saturated heterocycles. The number of hydrogen-bond acceptors (Lipinski definition) is 5. The molecule has 0 unspecified atom stereocenters. The highest BCUT2D eigenvalue weighted by Gasteiger charge is 2.33. The molecule has 4 rings (SSSR count). The number of rotatable bonds is 5. The molecule has 0 aliphatic heterocycles. The molecule has 0 radical (unpaired) electrons. The van der Waals surface area contributed by atoms with Crippen LogP contribution in [0, 0.1) is 5.82 Å². The van der Waals surface area contributed by atoms with E-state index in [-0.39, 0.29) is 9.09 Å². The highest BCUT2D eigenvalue weighted by atomic mass is 32.2. The van der Waals surface area contributed by atoms with Crippen LogP contribution in [0.15, 0.2) is 14.6 Å². The van der Waals surface area contributed by atoms with Crippen LogP contribution in [0.4, 0.5) is 14.9 Å². The van der Waals surface area contributed by atoms with Crippen LogP contribution < -0.4 is 10.5 Å². The van der Waals surface area contributed by atoms with Crippen molar-refractivity contribution in [1.82, 2.24) is 4.98 Å². The van der Waals surface area contributed by atoms with Gasteiger partial charge in [-0.1, -0.05) is 6.92 Å². The maximum Gasteiger partial charge on any atom is 0.354 e. The summed E-state index contributed by atoms with van der Waals surface area (Å²) in [6.45, 7) is 5.01. The summed E-state index contributed by atoms with van der Waals surface area (Å²) in [6, 6.07) is 0.211. The van der Waals surface area contributed by atoms with Gasteiger partial charge in [0, 0.05) is 21.8 Å². The predicted molar refractivity (Wildman–Crippen MR) is 119 cm³/mol. The summed E-state index contributed by atoms with van der Waals surface area (Å²) in [5, 5.41) is 18.7. The smallest absolute Gasteiger partial charge is 0.354 e. The molecule has 1 saturated carbocycles. The average Bonchev–Trinajstić information content (AvgIpc) is 3.22. The van der Waals surface area contributed by atoms with Gasteiger partial charge in [0.1, 0.15) is 0 Å². The van der Waals surface area contributed by atoms with E-state index in [9.17, 15) is 18.5 Å². The van der Waals surface area contributed by atoms with Crippen molar-refractivity contribution in [2.75, 3.05) is 5.32 Å². The Kier molecular flexibility index (Phi) is 5.70. The summed E-state index contributed by atoms with van der Waals surface area (Å²) in [6.07, 6.45) is 5.48. The van der Waals surface area contributed by atoms with Crippen molar-refractivity contribution in [3.8, 4) is 0 Å². The molecule has 0 aromatic carbocycles. The van der Waals surface area contributed by atoms with Crippen LogP contribution in [0.2, 0.25) is 0 Å². The molecule has 2 amide bonds. The van der Waals surface area contributed by atoms with Crippen LogP contribution in [0.5, 0.6) is 0 Å². The summed E-state index contributed by atoms with van der Waals surface area (Å²) >= 11 is 0.757. The van der Waals surface area contributed by atoms with Gasteiger partial charge in [-0.2, -0.15) is 0 Å². The van der Waals surface area contributed by atoms with Crippen LogP contribution in [-0.4, -0.2) is 20.3 Å². The molecule has 4 N–H and O–H groups in total. The number of amides is 2. The lowest BCUT2D eigenvalue weighted by atomic mass is 9.99. The van der Waals surface area contributed by atoms with Crippen LogP contribution in [0.3, 0.4) is 0 Å². The fourth-order valence-electron chi connectivity index (χ4n) is 4.02. The first-order valence-corrected chi connectivity index (χ1v) is 12.8.